The van der Waals surface area contributed by atoms with Gasteiger partial charge < -0.3 is 4.74 Å². The molecule has 0 bridgehead atoms. The largest absolute Gasteiger partial charge is 0.492 e. The van der Waals surface area contributed by atoms with E-state index in [0.717, 1.165) is 28.8 Å². The summed E-state index contributed by atoms with van der Waals surface area (Å²) in [6, 6.07) is 7.96. The second kappa shape index (κ2) is 7.00. The van der Waals surface area contributed by atoms with Gasteiger partial charge in [0.2, 0.25) is 0 Å². The topological polar surface area (TPSA) is 44.1 Å². The van der Waals surface area contributed by atoms with Gasteiger partial charge in [0.1, 0.15) is 17.2 Å². The fourth-order valence-electron chi connectivity index (χ4n) is 3.48. The summed E-state index contributed by atoms with van der Waals surface area (Å²) in [5.74, 6) is 0.839. The van der Waals surface area contributed by atoms with Crippen LogP contribution in [0, 0.1) is 6.92 Å². The first kappa shape index (κ1) is 16.3. The van der Waals surface area contributed by atoms with Crippen molar-refractivity contribution in [2.75, 3.05) is 6.61 Å². The van der Waals surface area contributed by atoms with Crippen LogP contribution in [0.5, 0.6) is 5.75 Å². The third kappa shape index (κ3) is 3.33. The molecular formula is C20H22N2O2S. The molecule has 130 valence electrons. The average Bonchev–Trinajstić information content (AvgIpc) is 2.79. The zero-order valence-electron chi connectivity index (χ0n) is 14.5. The van der Waals surface area contributed by atoms with Gasteiger partial charge in [-0.05, 0) is 55.9 Å². The Balaban J connectivity index is 1.57. The molecule has 1 aliphatic carbocycles. The van der Waals surface area contributed by atoms with E-state index in [1.165, 1.54) is 35.3 Å². The van der Waals surface area contributed by atoms with E-state index in [9.17, 15) is 4.79 Å². The first-order valence-corrected chi connectivity index (χ1v) is 9.73. The number of benzene rings is 1. The number of nitrogens with zero attached hydrogens (tertiary/aromatic N) is 2. The lowest BCUT2D eigenvalue weighted by atomic mass is 10.1. The summed E-state index contributed by atoms with van der Waals surface area (Å²) in [6.45, 7) is 3.01. The van der Waals surface area contributed by atoms with Gasteiger partial charge in [0, 0.05) is 4.88 Å². The number of hydrogen-bond acceptors (Lipinski definition) is 4. The quantitative estimate of drug-likeness (QED) is 0.662. The molecule has 4 nitrogen and oxygen atoms in total. The molecule has 4 rings (SSSR count). The third-order valence-corrected chi connectivity index (χ3v) is 5.98. The summed E-state index contributed by atoms with van der Waals surface area (Å²) >= 11 is 1.70. The van der Waals surface area contributed by atoms with Crippen LogP contribution >= 0.6 is 11.3 Å². The molecule has 0 spiro atoms. The van der Waals surface area contributed by atoms with E-state index >= 15 is 0 Å². The summed E-state index contributed by atoms with van der Waals surface area (Å²) in [5, 5.41) is 0.847. The lowest BCUT2D eigenvalue weighted by Crippen LogP contribution is -2.23. The molecule has 1 aliphatic rings. The Hall–Kier alpha value is -2.14. The minimum atomic E-state index is 0.0808. The summed E-state index contributed by atoms with van der Waals surface area (Å²) in [5.41, 5.74) is 2.50. The lowest BCUT2D eigenvalue weighted by Gasteiger charge is -2.09. The van der Waals surface area contributed by atoms with E-state index in [2.05, 4.69) is 4.98 Å². The Kier molecular flexibility index (Phi) is 4.57. The fraction of sp³-hybridized carbons (Fsp3) is 0.400. The van der Waals surface area contributed by atoms with E-state index < -0.39 is 0 Å². The highest BCUT2D eigenvalue weighted by atomic mass is 32.1. The van der Waals surface area contributed by atoms with Gasteiger partial charge in [-0.2, -0.15) is 0 Å². The third-order valence-electron chi connectivity index (χ3n) is 4.78. The van der Waals surface area contributed by atoms with Crippen LogP contribution in [0.4, 0.5) is 0 Å². The highest BCUT2D eigenvalue weighted by molar-refractivity contribution is 7.18. The molecule has 0 radical (unpaired) electrons. The number of thiophene rings is 1. The van der Waals surface area contributed by atoms with Crippen LogP contribution in [0.1, 0.15) is 35.3 Å². The molecule has 0 fully saturated rings. The van der Waals surface area contributed by atoms with Gasteiger partial charge in [-0.15, -0.1) is 11.3 Å². The van der Waals surface area contributed by atoms with Crippen molar-refractivity contribution in [2.45, 2.75) is 45.6 Å². The van der Waals surface area contributed by atoms with Gasteiger partial charge in [0.15, 0.2) is 0 Å². The average molecular weight is 354 g/mol. The predicted molar refractivity (Wildman–Crippen MR) is 102 cm³/mol. The zero-order chi connectivity index (χ0) is 17.2. The maximum absolute atomic E-state index is 12.9. The van der Waals surface area contributed by atoms with Gasteiger partial charge in [0.05, 0.1) is 18.3 Å². The van der Waals surface area contributed by atoms with Crippen molar-refractivity contribution in [2.24, 2.45) is 0 Å². The normalized spacial score (nSPS) is 14.3. The molecule has 0 atom stereocenters. The van der Waals surface area contributed by atoms with E-state index in [4.69, 9.17) is 4.74 Å². The van der Waals surface area contributed by atoms with E-state index in [1.54, 1.807) is 22.2 Å². The number of ether oxygens (including phenoxy) is 1. The van der Waals surface area contributed by atoms with Crippen LogP contribution in [-0.2, 0) is 19.4 Å². The Morgan fingerprint density at radius 1 is 1.24 bits per heavy atom. The number of rotatable bonds is 4. The van der Waals surface area contributed by atoms with Crippen molar-refractivity contribution in [3.8, 4) is 5.75 Å². The summed E-state index contributed by atoms with van der Waals surface area (Å²) in [4.78, 5) is 19.8. The minimum absolute atomic E-state index is 0.0808. The first-order valence-electron chi connectivity index (χ1n) is 8.91. The summed E-state index contributed by atoms with van der Waals surface area (Å²) in [7, 11) is 0. The highest BCUT2D eigenvalue weighted by Crippen LogP contribution is 2.32. The maximum Gasteiger partial charge on any atom is 0.262 e. The van der Waals surface area contributed by atoms with E-state index in [0.29, 0.717) is 13.2 Å². The summed E-state index contributed by atoms with van der Waals surface area (Å²) in [6.07, 6.45) is 7.41. The Morgan fingerprint density at radius 2 is 2.12 bits per heavy atom. The van der Waals surface area contributed by atoms with Gasteiger partial charge >= 0.3 is 0 Å². The maximum atomic E-state index is 12.9. The van der Waals surface area contributed by atoms with Crippen LogP contribution in [-0.4, -0.2) is 16.2 Å². The predicted octanol–water partition coefficient (Wildman–Crippen LogP) is 4.11. The van der Waals surface area contributed by atoms with E-state index in [1.807, 2.05) is 31.2 Å². The van der Waals surface area contributed by atoms with Crippen LogP contribution in [0.25, 0.3) is 10.2 Å². The molecule has 25 heavy (non-hydrogen) atoms. The number of aromatic nitrogens is 2. The standard InChI is InChI=1S/C20H22N2O2S/c1-14-6-5-7-15(12-14)24-11-10-22-13-21-19-18(20(22)23)16-8-3-2-4-9-17(16)25-19/h5-7,12-13H,2-4,8-11H2,1H3. The Morgan fingerprint density at radius 3 is 3.00 bits per heavy atom. The molecule has 0 saturated heterocycles. The fourth-order valence-corrected chi connectivity index (χ4v) is 4.70. The molecule has 1 aromatic carbocycles. The van der Waals surface area contributed by atoms with Crippen molar-refractivity contribution < 1.29 is 4.74 Å². The van der Waals surface area contributed by atoms with Crippen LogP contribution in [0.15, 0.2) is 35.4 Å². The van der Waals surface area contributed by atoms with Crippen LogP contribution in [0.3, 0.4) is 0 Å². The number of fused-ring (bicyclic) bond motifs is 3. The van der Waals surface area contributed by atoms with Crippen molar-refractivity contribution in [3.05, 3.63) is 57.0 Å². The molecule has 0 N–H and O–H groups in total. The van der Waals surface area contributed by atoms with Crippen LogP contribution < -0.4 is 10.3 Å². The number of aryl methyl sites for hydroxylation is 3. The zero-order valence-corrected chi connectivity index (χ0v) is 15.3. The van der Waals surface area contributed by atoms with Crippen LogP contribution in [0.2, 0.25) is 0 Å². The van der Waals surface area contributed by atoms with Gasteiger partial charge in [-0.3, -0.25) is 9.36 Å². The SMILES string of the molecule is Cc1cccc(OCCn2cnc3sc4c(c3c2=O)CCCCC4)c1. The molecule has 0 saturated carbocycles. The Bertz CT molecular complexity index is 958. The second-order valence-electron chi connectivity index (χ2n) is 6.65. The first-order chi connectivity index (χ1) is 12.2. The smallest absolute Gasteiger partial charge is 0.262 e. The molecule has 0 aliphatic heterocycles. The molecule has 3 aromatic rings. The number of hydrogen-bond donors (Lipinski definition) is 0. The lowest BCUT2D eigenvalue weighted by molar-refractivity contribution is 0.296. The monoisotopic (exact) mass is 354 g/mol. The second-order valence-corrected chi connectivity index (χ2v) is 7.74. The summed E-state index contributed by atoms with van der Waals surface area (Å²) < 4.78 is 7.48. The highest BCUT2D eigenvalue weighted by Gasteiger charge is 2.19. The van der Waals surface area contributed by atoms with E-state index in [-0.39, 0.29) is 5.56 Å². The van der Waals surface area contributed by atoms with Crippen molar-refractivity contribution in [1.29, 1.82) is 0 Å². The van der Waals surface area contributed by atoms with Crippen molar-refractivity contribution in [1.82, 2.24) is 9.55 Å². The molecule has 0 unspecified atom stereocenters. The molecular weight excluding hydrogens is 332 g/mol. The minimum Gasteiger partial charge on any atom is -0.492 e. The van der Waals surface area contributed by atoms with Crippen molar-refractivity contribution in [3.63, 3.8) is 0 Å². The van der Waals surface area contributed by atoms with Gasteiger partial charge in [-0.25, -0.2) is 4.98 Å². The Labute approximate surface area is 151 Å². The molecule has 5 heteroatoms. The molecule has 0 amide bonds. The van der Waals surface area contributed by atoms with Crippen molar-refractivity contribution >= 4 is 21.6 Å². The van der Waals surface area contributed by atoms with Gasteiger partial charge in [-0.1, -0.05) is 18.6 Å². The molecule has 2 aromatic heterocycles. The molecule has 2 heterocycles. The van der Waals surface area contributed by atoms with Gasteiger partial charge in [0.25, 0.3) is 5.56 Å².